The van der Waals surface area contributed by atoms with Gasteiger partial charge in [0.25, 0.3) is 0 Å². The second kappa shape index (κ2) is 10.6. The Balaban J connectivity index is 1.35. The molecule has 2 aliphatic rings. The number of fused-ring (bicyclic) bond motifs is 1. The Bertz CT molecular complexity index is 1240. The van der Waals surface area contributed by atoms with Crippen LogP contribution in [-0.4, -0.2) is 72.3 Å². The highest BCUT2D eigenvalue weighted by molar-refractivity contribution is 5.72. The van der Waals surface area contributed by atoms with E-state index in [9.17, 15) is 8.78 Å². The van der Waals surface area contributed by atoms with Gasteiger partial charge in [-0.05, 0) is 64.5 Å². The van der Waals surface area contributed by atoms with Gasteiger partial charge < -0.3 is 19.4 Å². The number of pyridine rings is 1. The SMILES string of the molecule is CC(C)N1CCOc2c(F)cc(-c3nc(Cc4ccc(N5CCC(N(C)C)CC5)nc4)ncc3F)cc21. The van der Waals surface area contributed by atoms with E-state index >= 15 is 0 Å². The van der Waals surface area contributed by atoms with E-state index in [1.165, 1.54) is 6.07 Å². The van der Waals surface area contributed by atoms with Gasteiger partial charge in [0, 0.05) is 43.4 Å². The molecule has 0 N–H and O–H groups in total. The quantitative estimate of drug-likeness (QED) is 0.484. The van der Waals surface area contributed by atoms with Gasteiger partial charge in [-0.1, -0.05) is 6.07 Å². The van der Waals surface area contributed by atoms with Gasteiger partial charge >= 0.3 is 0 Å². The Hall–Kier alpha value is -3.33. The number of halogens is 2. The van der Waals surface area contributed by atoms with Crippen molar-refractivity contribution in [2.45, 2.75) is 45.2 Å². The second-order valence-corrected chi connectivity index (χ2v) is 10.3. The molecule has 0 saturated carbocycles. The van der Waals surface area contributed by atoms with Crippen LogP contribution in [0.2, 0.25) is 0 Å². The molecule has 1 fully saturated rings. The summed E-state index contributed by atoms with van der Waals surface area (Å²) >= 11 is 0. The van der Waals surface area contributed by atoms with Gasteiger partial charge in [0.05, 0.1) is 18.4 Å². The second-order valence-electron chi connectivity index (χ2n) is 10.3. The van der Waals surface area contributed by atoms with Crippen LogP contribution in [0, 0.1) is 11.6 Å². The van der Waals surface area contributed by atoms with Crippen molar-refractivity contribution in [3.05, 3.63) is 59.7 Å². The summed E-state index contributed by atoms with van der Waals surface area (Å²) in [5.41, 5.74) is 1.99. The molecule has 1 aromatic carbocycles. The summed E-state index contributed by atoms with van der Waals surface area (Å²) in [6, 6.07) is 7.84. The first kappa shape index (κ1) is 25.3. The van der Waals surface area contributed by atoms with Crippen molar-refractivity contribution in [3.63, 3.8) is 0 Å². The van der Waals surface area contributed by atoms with Gasteiger partial charge in [0.2, 0.25) is 0 Å². The first-order valence-electron chi connectivity index (χ1n) is 12.9. The van der Waals surface area contributed by atoms with Crippen molar-refractivity contribution >= 4 is 11.5 Å². The van der Waals surface area contributed by atoms with Crippen molar-refractivity contribution in [3.8, 4) is 17.0 Å². The molecule has 4 heterocycles. The van der Waals surface area contributed by atoms with E-state index in [4.69, 9.17) is 4.74 Å². The van der Waals surface area contributed by atoms with Crippen LogP contribution in [0.15, 0.2) is 36.7 Å². The Morgan fingerprint density at radius 2 is 1.81 bits per heavy atom. The maximum Gasteiger partial charge on any atom is 0.178 e. The minimum Gasteiger partial charge on any atom is -0.486 e. The van der Waals surface area contributed by atoms with E-state index in [1.54, 1.807) is 6.07 Å². The topological polar surface area (TPSA) is 57.6 Å². The molecule has 1 saturated heterocycles. The van der Waals surface area contributed by atoms with E-state index in [2.05, 4.69) is 43.7 Å². The van der Waals surface area contributed by atoms with Crippen molar-refractivity contribution in [2.24, 2.45) is 0 Å². The summed E-state index contributed by atoms with van der Waals surface area (Å²) in [5, 5.41) is 0. The Labute approximate surface area is 217 Å². The first-order valence-corrected chi connectivity index (χ1v) is 12.9. The maximum atomic E-state index is 15.0. The molecule has 196 valence electrons. The van der Waals surface area contributed by atoms with E-state index in [0.717, 1.165) is 43.5 Å². The van der Waals surface area contributed by atoms with Crippen LogP contribution in [0.4, 0.5) is 20.3 Å². The molecule has 0 amide bonds. The standard InChI is InChI=1S/C28H34F2N6O/c1-18(2)36-11-12-37-28-22(29)14-20(15-24(28)36)27-23(30)17-31-25(33-27)13-19-5-6-26(32-16-19)35-9-7-21(8-10-35)34(3)4/h5-6,14-18,21H,7-13H2,1-4H3. The third-order valence-electron chi connectivity index (χ3n) is 7.29. The summed E-state index contributed by atoms with van der Waals surface area (Å²) in [7, 11) is 4.26. The number of hydrogen-bond acceptors (Lipinski definition) is 7. The molecule has 0 radical (unpaired) electrons. The lowest BCUT2D eigenvalue weighted by Crippen LogP contribution is -2.42. The van der Waals surface area contributed by atoms with Gasteiger partial charge in [-0.25, -0.2) is 23.7 Å². The van der Waals surface area contributed by atoms with Gasteiger partial charge in [0.15, 0.2) is 17.4 Å². The number of ether oxygens (including phenoxy) is 1. The number of benzene rings is 1. The molecule has 37 heavy (non-hydrogen) atoms. The molecular weight excluding hydrogens is 474 g/mol. The average Bonchev–Trinajstić information content (AvgIpc) is 2.90. The predicted octanol–water partition coefficient (Wildman–Crippen LogP) is 4.55. The van der Waals surface area contributed by atoms with Crippen molar-refractivity contribution in [1.82, 2.24) is 19.9 Å². The van der Waals surface area contributed by atoms with Crippen LogP contribution >= 0.6 is 0 Å². The highest BCUT2D eigenvalue weighted by Gasteiger charge is 2.26. The predicted molar refractivity (Wildman–Crippen MR) is 141 cm³/mol. The number of rotatable bonds is 6. The molecule has 2 aliphatic heterocycles. The van der Waals surface area contributed by atoms with E-state index < -0.39 is 11.6 Å². The van der Waals surface area contributed by atoms with Crippen molar-refractivity contribution in [1.29, 1.82) is 0 Å². The van der Waals surface area contributed by atoms with Gasteiger partial charge in [0.1, 0.15) is 23.9 Å². The molecular formula is C28H34F2N6O. The number of hydrogen-bond donors (Lipinski definition) is 0. The van der Waals surface area contributed by atoms with Crippen molar-refractivity contribution < 1.29 is 13.5 Å². The molecule has 0 unspecified atom stereocenters. The van der Waals surface area contributed by atoms with E-state index in [1.807, 2.05) is 32.2 Å². The van der Waals surface area contributed by atoms with Gasteiger partial charge in [-0.15, -0.1) is 0 Å². The minimum atomic E-state index is -0.592. The Morgan fingerprint density at radius 1 is 1.03 bits per heavy atom. The molecule has 2 aromatic heterocycles. The number of anilines is 2. The number of nitrogens with zero attached hydrogens (tertiary/aromatic N) is 6. The fourth-order valence-corrected chi connectivity index (χ4v) is 5.17. The van der Waals surface area contributed by atoms with E-state index in [0.29, 0.717) is 42.7 Å². The smallest absolute Gasteiger partial charge is 0.178 e. The fourth-order valence-electron chi connectivity index (χ4n) is 5.17. The Morgan fingerprint density at radius 3 is 2.49 bits per heavy atom. The summed E-state index contributed by atoms with van der Waals surface area (Å²) in [6.45, 7) is 7.09. The van der Waals surface area contributed by atoms with Crippen LogP contribution in [0.1, 0.15) is 38.1 Å². The molecule has 7 nitrogen and oxygen atoms in total. The third-order valence-corrected chi connectivity index (χ3v) is 7.29. The largest absolute Gasteiger partial charge is 0.486 e. The number of piperidine rings is 1. The third kappa shape index (κ3) is 5.37. The summed E-state index contributed by atoms with van der Waals surface area (Å²) in [4.78, 5) is 20.0. The molecule has 5 rings (SSSR count). The normalized spacial score (nSPS) is 16.3. The fraction of sp³-hybridized carbons (Fsp3) is 0.464. The number of aromatic nitrogens is 3. The average molecular weight is 509 g/mol. The molecule has 0 bridgehead atoms. The van der Waals surface area contributed by atoms with Crippen molar-refractivity contribution in [2.75, 3.05) is 50.1 Å². The van der Waals surface area contributed by atoms with Crippen LogP contribution in [0.3, 0.4) is 0 Å². The van der Waals surface area contributed by atoms with E-state index in [-0.39, 0.29) is 17.5 Å². The molecule has 0 atom stereocenters. The highest BCUT2D eigenvalue weighted by atomic mass is 19.1. The summed E-state index contributed by atoms with van der Waals surface area (Å²) in [6.07, 6.45) is 5.62. The molecule has 0 spiro atoms. The van der Waals surface area contributed by atoms with Crippen LogP contribution in [-0.2, 0) is 6.42 Å². The zero-order chi connectivity index (χ0) is 26.1. The van der Waals surface area contributed by atoms with Crippen LogP contribution in [0.5, 0.6) is 5.75 Å². The lowest BCUT2D eigenvalue weighted by Gasteiger charge is -2.35. The zero-order valence-electron chi connectivity index (χ0n) is 21.9. The lowest BCUT2D eigenvalue weighted by molar-refractivity contribution is 0.249. The lowest BCUT2D eigenvalue weighted by atomic mass is 10.0. The molecule has 9 heteroatoms. The maximum absolute atomic E-state index is 15.0. The minimum absolute atomic E-state index is 0.0781. The monoisotopic (exact) mass is 508 g/mol. The highest BCUT2D eigenvalue weighted by Crippen LogP contribution is 2.39. The summed E-state index contributed by atoms with van der Waals surface area (Å²) in [5.74, 6) is 0.504. The van der Waals surface area contributed by atoms with Crippen LogP contribution in [0.25, 0.3) is 11.3 Å². The zero-order valence-corrected chi connectivity index (χ0v) is 21.9. The Kier molecular flexibility index (Phi) is 7.24. The molecule has 3 aromatic rings. The summed E-state index contributed by atoms with van der Waals surface area (Å²) < 4.78 is 35.4. The van der Waals surface area contributed by atoms with Crippen LogP contribution < -0.4 is 14.5 Å². The first-order chi connectivity index (χ1) is 17.8. The molecule has 0 aliphatic carbocycles. The van der Waals surface area contributed by atoms with Gasteiger partial charge in [-0.3, -0.25) is 0 Å². The van der Waals surface area contributed by atoms with Gasteiger partial charge in [-0.2, -0.15) is 0 Å².